The van der Waals surface area contributed by atoms with Crippen molar-refractivity contribution in [2.75, 3.05) is 26.2 Å². The van der Waals surface area contributed by atoms with Crippen LogP contribution in [0.25, 0.3) is 0 Å². The third-order valence-electron chi connectivity index (χ3n) is 4.02. The lowest BCUT2D eigenvalue weighted by molar-refractivity contribution is -0.896. The zero-order valence-electron chi connectivity index (χ0n) is 15.1. The Bertz CT molecular complexity index is 604. The Labute approximate surface area is 154 Å². The van der Waals surface area contributed by atoms with Gasteiger partial charge in [0.15, 0.2) is 0 Å². The molecule has 0 heterocycles. The van der Waals surface area contributed by atoms with Crippen LogP contribution in [0.5, 0.6) is 5.75 Å². The van der Waals surface area contributed by atoms with Crippen molar-refractivity contribution in [3.63, 3.8) is 0 Å². The lowest BCUT2D eigenvalue weighted by Gasteiger charge is -2.18. The summed E-state index contributed by atoms with van der Waals surface area (Å²) in [7, 11) is -3.61. The normalized spacial score (nSPS) is 13.2. The highest BCUT2D eigenvalue weighted by Gasteiger charge is 2.22. The minimum absolute atomic E-state index is 0.113. The molecule has 0 aliphatic heterocycles. The van der Waals surface area contributed by atoms with Crippen LogP contribution in [0, 0.1) is 0 Å². The Balaban J connectivity index is 2.73. The number of benzene rings is 1. The fraction of sp³-hybridized carbons (Fsp3) is 0.647. The van der Waals surface area contributed by atoms with Crippen LogP contribution < -0.4 is 14.4 Å². The van der Waals surface area contributed by atoms with Crippen LogP contribution in [-0.2, 0) is 10.0 Å². The molecule has 0 amide bonds. The van der Waals surface area contributed by atoms with Crippen molar-refractivity contribution in [2.45, 2.75) is 51.5 Å². The van der Waals surface area contributed by atoms with Gasteiger partial charge in [0.2, 0.25) is 10.0 Å². The summed E-state index contributed by atoms with van der Waals surface area (Å²) in [6.07, 6.45) is 1.82. The van der Waals surface area contributed by atoms with Gasteiger partial charge in [-0.2, -0.15) is 0 Å². The minimum Gasteiger partial charge on any atom is -0.492 e. The maximum Gasteiger partial charge on any atom is 0.244 e. The van der Waals surface area contributed by atoms with E-state index in [2.05, 4.69) is 34.5 Å². The first-order chi connectivity index (χ1) is 11.3. The van der Waals surface area contributed by atoms with Crippen molar-refractivity contribution in [2.24, 2.45) is 0 Å². The molecule has 7 heteroatoms. The van der Waals surface area contributed by atoms with Gasteiger partial charge in [0.1, 0.15) is 10.6 Å². The maximum atomic E-state index is 12.7. The molecule has 0 spiro atoms. The lowest BCUT2D eigenvalue weighted by Crippen LogP contribution is -3.11. The number of halogens is 1. The molecule has 5 nitrogen and oxygen atoms in total. The van der Waals surface area contributed by atoms with E-state index in [1.807, 2.05) is 13.8 Å². The van der Waals surface area contributed by atoms with Crippen LogP contribution in [0.3, 0.4) is 0 Å². The highest BCUT2D eigenvalue weighted by Crippen LogP contribution is 2.27. The van der Waals surface area contributed by atoms with Crippen LogP contribution in [0.4, 0.5) is 0 Å². The second-order valence-corrected chi connectivity index (χ2v) is 8.49. The summed E-state index contributed by atoms with van der Waals surface area (Å²) in [5, 5.41) is 0. The molecule has 0 saturated carbocycles. The molecule has 2 N–H and O–H groups in total. The molecule has 0 fully saturated rings. The predicted octanol–water partition coefficient (Wildman–Crippen LogP) is 2.22. The summed E-state index contributed by atoms with van der Waals surface area (Å²) >= 11 is 3.33. The van der Waals surface area contributed by atoms with Gasteiger partial charge in [-0.05, 0) is 58.7 Å². The Kier molecular flexibility index (Phi) is 9.26. The summed E-state index contributed by atoms with van der Waals surface area (Å²) in [5.41, 5.74) is 0. The number of quaternary nitrogens is 1. The van der Waals surface area contributed by atoms with Crippen LogP contribution in [0.2, 0.25) is 0 Å². The van der Waals surface area contributed by atoms with E-state index in [4.69, 9.17) is 4.74 Å². The topological polar surface area (TPSA) is 59.8 Å². The van der Waals surface area contributed by atoms with Crippen molar-refractivity contribution in [1.29, 1.82) is 0 Å². The Morgan fingerprint density at radius 3 is 2.50 bits per heavy atom. The quantitative estimate of drug-likeness (QED) is 0.575. The third-order valence-corrected chi connectivity index (χ3v) is 6.12. The van der Waals surface area contributed by atoms with E-state index in [9.17, 15) is 8.42 Å². The Morgan fingerprint density at radius 2 is 1.92 bits per heavy atom. The van der Waals surface area contributed by atoms with Gasteiger partial charge in [-0.1, -0.05) is 15.9 Å². The first-order valence-corrected chi connectivity index (χ1v) is 10.9. The van der Waals surface area contributed by atoms with E-state index < -0.39 is 10.0 Å². The molecule has 0 aliphatic carbocycles. The molecule has 138 valence electrons. The number of hydrogen-bond acceptors (Lipinski definition) is 3. The Hall–Kier alpha value is -0.630. The van der Waals surface area contributed by atoms with Gasteiger partial charge >= 0.3 is 0 Å². The van der Waals surface area contributed by atoms with Gasteiger partial charge in [-0.25, -0.2) is 13.1 Å². The molecule has 0 unspecified atom stereocenters. The van der Waals surface area contributed by atoms with Gasteiger partial charge in [0.25, 0.3) is 0 Å². The highest BCUT2D eigenvalue weighted by atomic mass is 79.9. The van der Waals surface area contributed by atoms with Crippen molar-refractivity contribution in [3.05, 3.63) is 22.7 Å². The third kappa shape index (κ3) is 6.70. The van der Waals surface area contributed by atoms with Gasteiger partial charge in [0.05, 0.1) is 26.2 Å². The fourth-order valence-electron chi connectivity index (χ4n) is 2.62. The molecule has 0 saturated heterocycles. The fourth-order valence-corrected chi connectivity index (χ4v) is 4.58. The van der Waals surface area contributed by atoms with Crippen LogP contribution in [0.15, 0.2) is 27.6 Å². The van der Waals surface area contributed by atoms with Gasteiger partial charge in [-0.15, -0.1) is 0 Å². The zero-order valence-corrected chi connectivity index (χ0v) is 17.5. The lowest BCUT2D eigenvalue weighted by atomic mass is 10.2. The molecular formula is C17H30BrN2O3S+. The van der Waals surface area contributed by atoms with E-state index in [1.165, 1.54) is 4.90 Å². The van der Waals surface area contributed by atoms with E-state index >= 15 is 0 Å². The number of nitrogens with one attached hydrogen (secondary N) is 2. The van der Waals surface area contributed by atoms with Gasteiger partial charge < -0.3 is 9.64 Å². The molecule has 0 bridgehead atoms. The molecule has 0 aliphatic rings. The average molecular weight is 422 g/mol. The first kappa shape index (κ1) is 21.4. The summed E-state index contributed by atoms with van der Waals surface area (Å²) in [4.78, 5) is 1.72. The number of ether oxygens (including phenoxy) is 1. The second-order valence-electron chi connectivity index (χ2n) is 5.90. The van der Waals surface area contributed by atoms with E-state index in [-0.39, 0.29) is 10.9 Å². The summed E-state index contributed by atoms with van der Waals surface area (Å²) in [5.74, 6) is 0.382. The van der Waals surface area contributed by atoms with E-state index in [0.717, 1.165) is 32.5 Å². The van der Waals surface area contributed by atoms with Crippen molar-refractivity contribution >= 4 is 26.0 Å². The Morgan fingerprint density at radius 1 is 1.25 bits per heavy atom. The highest BCUT2D eigenvalue weighted by molar-refractivity contribution is 9.10. The standard InChI is InChI=1S/C17H29BrN2O3S/c1-5-20(6-2)12-8-9-14(4)19-24(21,22)17-13-15(18)10-11-16(17)23-7-3/h10-11,13-14,19H,5-9,12H2,1-4H3/p+1/t14-/m0/s1. The molecule has 0 aromatic heterocycles. The van der Waals surface area contributed by atoms with E-state index in [0.29, 0.717) is 16.8 Å². The van der Waals surface area contributed by atoms with Gasteiger partial charge in [0, 0.05) is 10.5 Å². The predicted molar refractivity (Wildman–Crippen MR) is 101 cm³/mol. The smallest absolute Gasteiger partial charge is 0.244 e. The van der Waals surface area contributed by atoms with Crippen molar-refractivity contribution in [3.8, 4) is 5.75 Å². The number of rotatable bonds is 11. The number of hydrogen-bond donors (Lipinski definition) is 2. The minimum atomic E-state index is -3.61. The van der Waals surface area contributed by atoms with Crippen LogP contribution in [0.1, 0.15) is 40.5 Å². The van der Waals surface area contributed by atoms with Crippen molar-refractivity contribution < 1.29 is 18.1 Å². The largest absolute Gasteiger partial charge is 0.492 e. The zero-order chi connectivity index (χ0) is 18.2. The summed E-state index contributed by atoms with van der Waals surface area (Å²) in [6.45, 7) is 11.8. The average Bonchev–Trinajstić information content (AvgIpc) is 2.53. The molecule has 1 rings (SSSR count). The summed E-state index contributed by atoms with van der Waals surface area (Å²) < 4.78 is 34.3. The first-order valence-electron chi connectivity index (χ1n) is 8.62. The molecule has 1 aromatic rings. The van der Waals surface area contributed by atoms with Crippen molar-refractivity contribution in [1.82, 2.24) is 4.72 Å². The number of sulfonamides is 1. The summed E-state index contributed by atoms with van der Waals surface area (Å²) in [6, 6.07) is 4.93. The van der Waals surface area contributed by atoms with Gasteiger partial charge in [-0.3, -0.25) is 0 Å². The molecule has 0 radical (unpaired) electrons. The molecule has 24 heavy (non-hydrogen) atoms. The van der Waals surface area contributed by atoms with Crippen LogP contribution >= 0.6 is 15.9 Å². The SMILES string of the molecule is CCOc1ccc(Br)cc1S(=O)(=O)N[C@@H](C)CCC[NH+](CC)CC. The molecule has 1 atom stereocenters. The second kappa shape index (κ2) is 10.4. The molecular weight excluding hydrogens is 392 g/mol. The van der Waals surface area contributed by atoms with Crippen LogP contribution in [-0.4, -0.2) is 40.7 Å². The monoisotopic (exact) mass is 421 g/mol. The van der Waals surface area contributed by atoms with E-state index in [1.54, 1.807) is 18.2 Å². The molecule has 1 aromatic carbocycles. The maximum absolute atomic E-state index is 12.7.